The summed E-state index contributed by atoms with van der Waals surface area (Å²) >= 11 is 4.63. The van der Waals surface area contributed by atoms with E-state index in [9.17, 15) is 0 Å². The molecule has 6 heteroatoms. The van der Waals surface area contributed by atoms with Crippen molar-refractivity contribution >= 4 is 23.2 Å². The summed E-state index contributed by atoms with van der Waals surface area (Å²) in [7, 11) is 0. The molecule has 1 aliphatic heterocycles. The molecular formula is C10H11N5S. The Bertz CT molecular complexity index is 450. The summed E-state index contributed by atoms with van der Waals surface area (Å²) in [6.45, 7) is 0.648. The largest absolute Gasteiger partial charge is 0.367 e. The van der Waals surface area contributed by atoms with Crippen molar-refractivity contribution in [1.29, 1.82) is 0 Å². The van der Waals surface area contributed by atoms with Gasteiger partial charge in [0, 0.05) is 11.6 Å². The van der Waals surface area contributed by atoms with Gasteiger partial charge in [-0.1, -0.05) is 30.3 Å². The molecule has 0 unspecified atom stereocenters. The third-order valence-corrected chi connectivity index (χ3v) is 2.25. The predicted octanol–water partition coefficient (Wildman–Crippen LogP) is 0.266. The molecule has 0 amide bonds. The van der Waals surface area contributed by atoms with Crippen LogP contribution in [-0.2, 0) is 6.54 Å². The molecule has 2 rings (SSSR count). The van der Waals surface area contributed by atoms with E-state index in [1.807, 2.05) is 30.3 Å². The molecule has 0 bridgehead atoms. The van der Waals surface area contributed by atoms with Crippen molar-refractivity contribution in [2.24, 2.45) is 10.7 Å². The average Bonchev–Trinajstić information content (AvgIpc) is 2.69. The van der Waals surface area contributed by atoms with Crippen LogP contribution in [0.15, 0.2) is 41.1 Å². The maximum Gasteiger partial charge on any atom is 0.233 e. The van der Waals surface area contributed by atoms with Crippen LogP contribution in [-0.4, -0.2) is 16.1 Å². The van der Waals surface area contributed by atoms with Crippen LogP contribution in [0.4, 0.5) is 0 Å². The first-order chi connectivity index (χ1) is 7.79. The van der Waals surface area contributed by atoms with Crippen molar-refractivity contribution in [3.63, 3.8) is 0 Å². The number of hydrazine groups is 2. The highest BCUT2D eigenvalue weighted by Gasteiger charge is 2.16. The zero-order valence-electron chi connectivity index (χ0n) is 8.47. The van der Waals surface area contributed by atoms with Crippen LogP contribution in [0.25, 0.3) is 0 Å². The molecule has 0 atom stereocenters. The van der Waals surface area contributed by atoms with E-state index in [1.54, 1.807) is 0 Å². The molecular weight excluding hydrogens is 222 g/mol. The fraction of sp³-hybridized carbons (Fsp3) is 0.100. The van der Waals surface area contributed by atoms with Gasteiger partial charge in [-0.25, -0.2) is 5.43 Å². The maximum absolute atomic E-state index is 5.65. The average molecular weight is 233 g/mol. The Morgan fingerprint density at radius 3 is 2.81 bits per heavy atom. The van der Waals surface area contributed by atoms with Gasteiger partial charge in [-0.05, 0) is 17.8 Å². The van der Waals surface area contributed by atoms with E-state index >= 15 is 0 Å². The van der Waals surface area contributed by atoms with Crippen LogP contribution in [0.5, 0.6) is 0 Å². The van der Waals surface area contributed by atoms with Gasteiger partial charge in [0.15, 0.2) is 0 Å². The van der Waals surface area contributed by atoms with E-state index < -0.39 is 0 Å². The van der Waals surface area contributed by atoms with E-state index in [0.29, 0.717) is 18.3 Å². The number of nitrogens with two attached hydrogens (primary N) is 1. The van der Waals surface area contributed by atoms with Crippen LogP contribution in [0.1, 0.15) is 5.56 Å². The Hall–Kier alpha value is -1.88. The van der Waals surface area contributed by atoms with Crippen molar-refractivity contribution in [3.8, 4) is 0 Å². The number of nitrogens with one attached hydrogen (secondary N) is 2. The summed E-state index contributed by atoms with van der Waals surface area (Å²) in [4.78, 5) is 3.95. The van der Waals surface area contributed by atoms with E-state index in [0.717, 1.165) is 5.56 Å². The third-order valence-electron chi connectivity index (χ3n) is 2.05. The minimum absolute atomic E-state index is 0.322. The topological polar surface area (TPSA) is 65.7 Å². The second-order valence-corrected chi connectivity index (χ2v) is 3.39. The number of guanidine groups is 1. The number of aliphatic imine (C=N–C) groups is 1. The molecule has 4 N–H and O–H groups in total. The molecule has 1 aliphatic rings. The molecule has 0 aromatic heterocycles. The Labute approximate surface area is 98.6 Å². The highest BCUT2D eigenvalue weighted by molar-refractivity contribution is 7.78. The van der Waals surface area contributed by atoms with Crippen LogP contribution in [0.2, 0.25) is 0 Å². The van der Waals surface area contributed by atoms with Gasteiger partial charge in [0.2, 0.25) is 11.8 Å². The van der Waals surface area contributed by atoms with Crippen molar-refractivity contribution in [2.75, 3.05) is 0 Å². The molecule has 1 aromatic rings. The van der Waals surface area contributed by atoms with Gasteiger partial charge >= 0.3 is 0 Å². The summed E-state index contributed by atoms with van der Waals surface area (Å²) in [6.07, 6.45) is 0. The monoisotopic (exact) mass is 233 g/mol. The number of nitrogens with zero attached hydrogens (tertiary/aromatic N) is 2. The highest BCUT2D eigenvalue weighted by atomic mass is 32.1. The van der Waals surface area contributed by atoms with Gasteiger partial charge in [-0.3, -0.25) is 5.43 Å². The molecule has 0 aliphatic carbocycles. The fourth-order valence-electron chi connectivity index (χ4n) is 1.29. The number of benzene rings is 1. The maximum atomic E-state index is 5.65. The zero-order chi connectivity index (χ0) is 11.4. The smallest absolute Gasteiger partial charge is 0.233 e. The van der Waals surface area contributed by atoms with Crippen LogP contribution in [0, 0.1) is 0 Å². The number of hydrogen-bond acceptors (Lipinski definition) is 6. The normalized spacial score (nSPS) is 14.4. The molecule has 0 saturated carbocycles. The summed E-state index contributed by atoms with van der Waals surface area (Å²) in [5.41, 5.74) is 12.7. The first-order valence-electron chi connectivity index (χ1n) is 4.73. The lowest BCUT2D eigenvalue weighted by Crippen LogP contribution is -2.49. The summed E-state index contributed by atoms with van der Waals surface area (Å²) < 4.78 is 0. The van der Waals surface area contributed by atoms with E-state index in [1.165, 1.54) is 5.12 Å². The van der Waals surface area contributed by atoms with Crippen molar-refractivity contribution in [3.05, 3.63) is 41.7 Å². The van der Waals surface area contributed by atoms with Crippen molar-refractivity contribution in [1.82, 2.24) is 16.0 Å². The number of hydrogen-bond donors (Lipinski definition) is 3. The third kappa shape index (κ3) is 2.38. The van der Waals surface area contributed by atoms with E-state index in [4.69, 9.17) is 5.73 Å². The van der Waals surface area contributed by atoms with Gasteiger partial charge < -0.3 is 5.73 Å². The lowest BCUT2D eigenvalue weighted by atomic mass is 10.2. The SMILES string of the molecule is NC1=NC(=C=S)NN1NCc1ccccc1. The first-order valence-corrected chi connectivity index (χ1v) is 5.14. The van der Waals surface area contributed by atoms with E-state index in [2.05, 4.69) is 33.1 Å². The summed E-state index contributed by atoms with van der Waals surface area (Å²) in [6, 6.07) is 9.97. The van der Waals surface area contributed by atoms with Gasteiger partial charge in [0.1, 0.15) is 0 Å². The second kappa shape index (κ2) is 4.76. The number of rotatable bonds is 3. The van der Waals surface area contributed by atoms with Gasteiger partial charge in [0.05, 0.1) is 0 Å². The number of thiocarbonyl (C=S) groups is 1. The van der Waals surface area contributed by atoms with Crippen molar-refractivity contribution in [2.45, 2.75) is 6.54 Å². The minimum atomic E-state index is 0.322. The molecule has 0 fully saturated rings. The second-order valence-electron chi connectivity index (χ2n) is 3.19. The molecule has 1 aromatic carbocycles. The standard InChI is InChI=1S/C10H11N5S/c11-10-13-9(7-16)14-15(10)12-6-8-4-2-1-3-5-8/h1-5,12,14H,6H2,(H2,11,13). The molecule has 0 spiro atoms. The first kappa shape index (κ1) is 10.6. The Balaban J connectivity index is 1.93. The fourth-order valence-corrected chi connectivity index (χ4v) is 1.38. The quantitative estimate of drug-likeness (QED) is 0.654. The summed E-state index contributed by atoms with van der Waals surface area (Å²) in [5.74, 6) is 0.761. The molecule has 1 heterocycles. The Kier molecular flexibility index (Phi) is 3.16. The highest BCUT2D eigenvalue weighted by Crippen LogP contribution is 2.01. The van der Waals surface area contributed by atoms with Gasteiger partial charge in [-0.2, -0.15) is 10.1 Å². The molecule has 0 saturated heterocycles. The Morgan fingerprint density at radius 2 is 2.19 bits per heavy atom. The van der Waals surface area contributed by atoms with Crippen molar-refractivity contribution < 1.29 is 0 Å². The lowest BCUT2D eigenvalue weighted by Gasteiger charge is -2.18. The lowest BCUT2D eigenvalue weighted by molar-refractivity contribution is 0.256. The molecule has 0 radical (unpaired) electrons. The van der Waals surface area contributed by atoms with Gasteiger partial charge in [0.25, 0.3) is 0 Å². The van der Waals surface area contributed by atoms with Crippen LogP contribution in [0.3, 0.4) is 0 Å². The van der Waals surface area contributed by atoms with Gasteiger partial charge in [-0.15, -0.1) is 0 Å². The minimum Gasteiger partial charge on any atom is -0.367 e. The molecule has 5 nitrogen and oxygen atoms in total. The predicted molar refractivity (Wildman–Crippen MR) is 66.0 cm³/mol. The van der Waals surface area contributed by atoms with E-state index in [-0.39, 0.29) is 0 Å². The molecule has 16 heavy (non-hydrogen) atoms. The zero-order valence-corrected chi connectivity index (χ0v) is 9.29. The molecule has 82 valence electrons. The van der Waals surface area contributed by atoms with Crippen LogP contribution < -0.4 is 16.6 Å². The summed E-state index contributed by atoms with van der Waals surface area (Å²) in [5, 5.41) is 3.98. The van der Waals surface area contributed by atoms with Crippen LogP contribution >= 0.6 is 12.2 Å². The Morgan fingerprint density at radius 1 is 1.44 bits per heavy atom.